The number of rotatable bonds is 6. The number of aliphatic imine (C=N–C) groups is 1. The van der Waals surface area contributed by atoms with Crippen LogP contribution in [-0.2, 0) is 9.53 Å². The summed E-state index contributed by atoms with van der Waals surface area (Å²) >= 11 is 5.85. The molecule has 8 heteroatoms. The molecule has 1 heterocycles. The van der Waals surface area contributed by atoms with Crippen LogP contribution in [0.15, 0.2) is 77.4 Å². The number of nitrogens with zero attached hydrogens (tertiary/aromatic N) is 1. The Kier molecular flexibility index (Phi) is 6.51. The number of hydrogen-bond acceptors (Lipinski definition) is 6. The quantitative estimate of drug-likeness (QED) is 0.275. The molecule has 0 fully saturated rings. The van der Waals surface area contributed by atoms with Crippen LogP contribution in [0.4, 0.5) is 4.39 Å². The minimum absolute atomic E-state index is 0.0179. The van der Waals surface area contributed by atoms with E-state index in [0.29, 0.717) is 34.1 Å². The first kappa shape index (κ1) is 22.2. The minimum atomic E-state index is -0.662. The Balaban J connectivity index is 1.59. The minimum Gasteiger partial charge on any atom is -0.490 e. The molecule has 0 saturated carbocycles. The molecule has 6 nitrogen and oxygen atoms in total. The zero-order valence-corrected chi connectivity index (χ0v) is 18.1. The van der Waals surface area contributed by atoms with Crippen LogP contribution in [0.5, 0.6) is 11.5 Å². The molecular formula is C25H17ClFNO5. The Hall–Kier alpha value is -3.97. The van der Waals surface area contributed by atoms with Gasteiger partial charge in [0.25, 0.3) is 0 Å². The average Bonchev–Trinajstić information content (AvgIpc) is 3.16. The third-order valence-electron chi connectivity index (χ3n) is 4.55. The molecule has 1 aliphatic rings. The van der Waals surface area contributed by atoms with Gasteiger partial charge in [-0.05, 0) is 73.2 Å². The van der Waals surface area contributed by atoms with E-state index in [2.05, 4.69) is 4.99 Å². The van der Waals surface area contributed by atoms with E-state index in [-0.39, 0.29) is 17.3 Å². The Morgan fingerprint density at radius 1 is 1.09 bits per heavy atom. The SMILES string of the molecule is CCOc1cc(/C=C2\N=C(c3cccc(F)c3)OC2=O)ccc1OC(=O)c1ccc(Cl)cc1. The molecule has 4 rings (SSSR count). The maximum Gasteiger partial charge on any atom is 0.363 e. The monoisotopic (exact) mass is 465 g/mol. The largest absolute Gasteiger partial charge is 0.490 e. The van der Waals surface area contributed by atoms with Gasteiger partial charge in [0, 0.05) is 10.6 Å². The molecule has 3 aromatic rings. The second-order valence-corrected chi connectivity index (χ2v) is 7.32. The number of carbonyl (C=O) groups excluding carboxylic acids is 2. The van der Waals surface area contributed by atoms with E-state index in [1.54, 1.807) is 55.5 Å². The van der Waals surface area contributed by atoms with Crippen molar-refractivity contribution < 1.29 is 28.2 Å². The van der Waals surface area contributed by atoms with Crippen molar-refractivity contribution in [1.29, 1.82) is 0 Å². The van der Waals surface area contributed by atoms with E-state index in [9.17, 15) is 14.0 Å². The molecule has 0 N–H and O–H groups in total. The fourth-order valence-electron chi connectivity index (χ4n) is 3.02. The van der Waals surface area contributed by atoms with Crippen LogP contribution in [0.3, 0.4) is 0 Å². The molecule has 166 valence electrons. The topological polar surface area (TPSA) is 74.2 Å². The molecule has 0 bridgehead atoms. The van der Waals surface area contributed by atoms with Crippen LogP contribution < -0.4 is 9.47 Å². The summed E-state index contributed by atoms with van der Waals surface area (Å²) in [6.45, 7) is 2.12. The summed E-state index contributed by atoms with van der Waals surface area (Å²) in [5.41, 5.74) is 1.30. The number of carbonyl (C=O) groups is 2. The Labute approximate surface area is 193 Å². The van der Waals surface area contributed by atoms with Gasteiger partial charge in [-0.2, -0.15) is 0 Å². The van der Waals surface area contributed by atoms with Gasteiger partial charge in [-0.3, -0.25) is 0 Å². The lowest BCUT2D eigenvalue weighted by Crippen LogP contribution is -2.09. The van der Waals surface area contributed by atoms with Gasteiger partial charge in [0.2, 0.25) is 5.90 Å². The van der Waals surface area contributed by atoms with Crippen molar-refractivity contribution in [1.82, 2.24) is 0 Å². The molecule has 0 saturated heterocycles. The number of halogens is 2. The first-order chi connectivity index (χ1) is 15.9. The third-order valence-corrected chi connectivity index (χ3v) is 4.80. The summed E-state index contributed by atoms with van der Waals surface area (Å²) in [6.07, 6.45) is 1.50. The zero-order valence-electron chi connectivity index (χ0n) is 17.4. The lowest BCUT2D eigenvalue weighted by molar-refractivity contribution is -0.129. The third kappa shape index (κ3) is 5.27. The van der Waals surface area contributed by atoms with Crippen LogP contribution in [0.1, 0.15) is 28.4 Å². The van der Waals surface area contributed by atoms with Crippen molar-refractivity contribution in [3.8, 4) is 11.5 Å². The van der Waals surface area contributed by atoms with E-state index in [0.717, 1.165) is 0 Å². The molecule has 0 aromatic heterocycles. The molecule has 0 unspecified atom stereocenters. The van der Waals surface area contributed by atoms with Crippen molar-refractivity contribution in [2.75, 3.05) is 6.61 Å². The molecule has 0 atom stereocenters. The summed E-state index contributed by atoms with van der Waals surface area (Å²) in [5.74, 6) is -1.14. The maximum atomic E-state index is 13.5. The predicted octanol–water partition coefficient (Wildman–Crippen LogP) is 5.44. The van der Waals surface area contributed by atoms with Crippen molar-refractivity contribution in [2.24, 2.45) is 4.99 Å². The summed E-state index contributed by atoms with van der Waals surface area (Å²) < 4.78 is 29.7. The van der Waals surface area contributed by atoms with Crippen molar-refractivity contribution in [3.63, 3.8) is 0 Å². The van der Waals surface area contributed by atoms with Crippen LogP contribution in [0.25, 0.3) is 6.08 Å². The van der Waals surface area contributed by atoms with Crippen LogP contribution in [-0.4, -0.2) is 24.4 Å². The van der Waals surface area contributed by atoms with Gasteiger partial charge < -0.3 is 14.2 Å². The lowest BCUT2D eigenvalue weighted by Gasteiger charge is -2.11. The highest BCUT2D eigenvalue weighted by Gasteiger charge is 2.24. The van der Waals surface area contributed by atoms with Crippen LogP contribution >= 0.6 is 11.6 Å². The van der Waals surface area contributed by atoms with E-state index in [1.807, 2.05) is 0 Å². The van der Waals surface area contributed by atoms with Crippen LogP contribution in [0, 0.1) is 5.82 Å². The molecule has 0 amide bonds. The summed E-state index contributed by atoms with van der Waals surface area (Å²) in [4.78, 5) is 28.9. The molecule has 0 spiro atoms. The highest BCUT2D eigenvalue weighted by molar-refractivity contribution is 6.30. The van der Waals surface area contributed by atoms with Gasteiger partial charge in [-0.1, -0.05) is 23.7 Å². The number of hydrogen-bond donors (Lipinski definition) is 0. The average molecular weight is 466 g/mol. The number of cyclic esters (lactones) is 1. The van der Waals surface area contributed by atoms with Gasteiger partial charge in [-0.15, -0.1) is 0 Å². The first-order valence-electron chi connectivity index (χ1n) is 9.96. The fourth-order valence-corrected chi connectivity index (χ4v) is 3.15. The van der Waals surface area contributed by atoms with Crippen molar-refractivity contribution in [2.45, 2.75) is 6.92 Å². The molecule has 1 aliphatic heterocycles. The van der Waals surface area contributed by atoms with E-state index in [4.69, 9.17) is 25.8 Å². The highest BCUT2D eigenvalue weighted by atomic mass is 35.5. The Morgan fingerprint density at radius 2 is 1.88 bits per heavy atom. The van der Waals surface area contributed by atoms with E-state index < -0.39 is 17.8 Å². The zero-order chi connectivity index (χ0) is 23.4. The van der Waals surface area contributed by atoms with Gasteiger partial charge in [0.1, 0.15) is 5.82 Å². The summed E-state index contributed by atoms with van der Waals surface area (Å²) in [6, 6.07) is 16.7. The van der Waals surface area contributed by atoms with Gasteiger partial charge in [0.05, 0.1) is 12.2 Å². The molecular weight excluding hydrogens is 449 g/mol. The Bertz CT molecular complexity index is 1280. The summed E-state index contributed by atoms with van der Waals surface area (Å²) in [7, 11) is 0. The molecule has 0 aliphatic carbocycles. The van der Waals surface area contributed by atoms with E-state index >= 15 is 0 Å². The van der Waals surface area contributed by atoms with Gasteiger partial charge >= 0.3 is 11.9 Å². The second-order valence-electron chi connectivity index (χ2n) is 6.88. The molecule has 33 heavy (non-hydrogen) atoms. The van der Waals surface area contributed by atoms with E-state index in [1.165, 1.54) is 24.3 Å². The van der Waals surface area contributed by atoms with Crippen molar-refractivity contribution in [3.05, 3.63) is 100.0 Å². The van der Waals surface area contributed by atoms with Crippen LogP contribution in [0.2, 0.25) is 5.02 Å². The fraction of sp³-hybridized carbons (Fsp3) is 0.0800. The highest BCUT2D eigenvalue weighted by Crippen LogP contribution is 2.31. The first-order valence-corrected chi connectivity index (χ1v) is 10.3. The Morgan fingerprint density at radius 3 is 2.61 bits per heavy atom. The maximum absolute atomic E-state index is 13.5. The number of benzene rings is 3. The molecule has 0 radical (unpaired) electrons. The standard InChI is InChI=1S/C25H17ClFNO5/c1-2-31-22-13-15(6-11-21(22)32-24(29)16-7-9-18(26)10-8-16)12-20-25(30)33-23(28-20)17-4-3-5-19(27)14-17/h3-14H,2H2,1H3/b20-12-. The second kappa shape index (κ2) is 9.67. The normalized spacial score (nSPS) is 14.1. The predicted molar refractivity (Wildman–Crippen MR) is 121 cm³/mol. The lowest BCUT2D eigenvalue weighted by atomic mass is 10.1. The van der Waals surface area contributed by atoms with Gasteiger partial charge in [0.15, 0.2) is 17.2 Å². The molecule has 3 aromatic carbocycles. The summed E-state index contributed by atoms with van der Waals surface area (Å²) in [5, 5.41) is 0.507. The number of esters is 2. The van der Waals surface area contributed by atoms with Gasteiger partial charge in [-0.25, -0.2) is 19.0 Å². The smallest absolute Gasteiger partial charge is 0.363 e. The number of ether oxygens (including phenoxy) is 3. The van der Waals surface area contributed by atoms with Crippen molar-refractivity contribution >= 4 is 35.5 Å².